The number of amides is 1. The zero-order valence-electron chi connectivity index (χ0n) is 18.7. The first kappa shape index (κ1) is 23.0. The molecule has 174 valence electrons. The largest absolute Gasteiger partial charge is 0.434 e. The minimum absolute atomic E-state index is 0.239. The van der Waals surface area contributed by atoms with E-state index in [9.17, 15) is 18.0 Å². The molecule has 0 aliphatic carbocycles. The van der Waals surface area contributed by atoms with Crippen molar-refractivity contribution in [3.8, 4) is 5.69 Å². The van der Waals surface area contributed by atoms with E-state index >= 15 is 0 Å². The predicted octanol–water partition coefficient (Wildman–Crippen LogP) is 5.83. The van der Waals surface area contributed by atoms with Gasteiger partial charge in [0.05, 0.1) is 17.4 Å². The van der Waals surface area contributed by atoms with Crippen molar-refractivity contribution < 1.29 is 18.0 Å². The number of carbonyl (C=O) groups is 1. The Hall–Kier alpha value is -3.13. The van der Waals surface area contributed by atoms with Gasteiger partial charge in [-0.15, -0.1) is 0 Å². The van der Waals surface area contributed by atoms with Crippen LogP contribution in [-0.4, -0.2) is 33.2 Å². The minimum atomic E-state index is -4.75. The molecule has 3 aromatic rings. The maximum Gasteiger partial charge on any atom is 0.434 e. The van der Waals surface area contributed by atoms with Gasteiger partial charge in [0.25, 0.3) is 5.91 Å². The van der Waals surface area contributed by atoms with Crippen LogP contribution in [0, 0.1) is 6.92 Å². The highest BCUT2D eigenvalue weighted by molar-refractivity contribution is 6.05. The molecule has 0 saturated carbocycles. The minimum Gasteiger partial charge on any atom is -0.322 e. The molecule has 33 heavy (non-hydrogen) atoms. The third-order valence-corrected chi connectivity index (χ3v) is 6.10. The van der Waals surface area contributed by atoms with E-state index in [4.69, 9.17) is 0 Å². The summed E-state index contributed by atoms with van der Waals surface area (Å²) in [5.41, 5.74) is 1.07. The van der Waals surface area contributed by atoms with Crippen LogP contribution in [0.4, 0.5) is 18.9 Å². The molecule has 0 spiro atoms. The molecule has 1 amide bonds. The number of benzene rings is 2. The van der Waals surface area contributed by atoms with Crippen LogP contribution >= 0.6 is 0 Å². The highest BCUT2D eigenvalue weighted by Gasteiger charge is 2.40. The van der Waals surface area contributed by atoms with Crippen molar-refractivity contribution in [2.24, 2.45) is 0 Å². The summed E-state index contributed by atoms with van der Waals surface area (Å²) in [6, 6.07) is 14.3. The van der Waals surface area contributed by atoms with E-state index < -0.39 is 23.3 Å². The average molecular weight is 457 g/mol. The number of nitrogens with zero attached hydrogens (tertiary/aromatic N) is 3. The van der Waals surface area contributed by atoms with Crippen LogP contribution in [0.15, 0.2) is 54.7 Å². The van der Waals surface area contributed by atoms with Crippen molar-refractivity contribution in [1.82, 2.24) is 14.7 Å². The second kappa shape index (κ2) is 9.39. The number of piperidine rings is 1. The molecule has 1 atom stereocenters. The molecule has 1 aliphatic rings. The van der Waals surface area contributed by atoms with E-state index in [1.807, 2.05) is 19.1 Å². The van der Waals surface area contributed by atoms with Crippen LogP contribution in [0.5, 0.6) is 0 Å². The Bertz CT molecular complexity index is 1100. The number of hydrogen-bond acceptors (Lipinski definition) is 3. The number of likely N-dealkylation sites (tertiary alicyclic amines) is 1. The SMILES string of the molecule is Cc1ccc(-n2ncc(C(=O)Nc3ccc(CN4CCCCC4C)cc3)c2C(F)(F)F)cc1. The third kappa shape index (κ3) is 5.27. The van der Waals surface area contributed by atoms with Crippen molar-refractivity contribution in [1.29, 1.82) is 0 Å². The second-order valence-electron chi connectivity index (χ2n) is 8.62. The van der Waals surface area contributed by atoms with Gasteiger partial charge in [-0.2, -0.15) is 18.3 Å². The molecule has 4 rings (SSSR count). The van der Waals surface area contributed by atoms with E-state index in [2.05, 4.69) is 22.2 Å². The number of nitrogens with one attached hydrogen (secondary N) is 1. The first-order valence-corrected chi connectivity index (χ1v) is 11.1. The number of rotatable bonds is 5. The summed E-state index contributed by atoms with van der Waals surface area (Å²) in [6.45, 7) is 5.94. The summed E-state index contributed by atoms with van der Waals surface area (Å²) >= 11 is 0. The van der Waals surface area contributed by atoms with Gasteiger partial charge in [0.1, 0.15) is 0 Å². The normalized spacial score (nSPS) is 17.2. The standard InChI is InChI=1S/C25H27F3N4O/c1-17-6-12-21(13-7-17)32-23(25(26,27)28)22(15-29-32)24(33)30-20-10-8-19(9-11-20)16-31-14-4-3-5-18(31)2/h6-13,15,18H,3-5,14,16H2,1-2H3,(H,30,33). The molecule has 0 bridgehead atoms. The molecule has 0 radical (unpaired) electrons. The molecule has 1 fully saturated rings. The third-order valence-electron chi connectivity index (χ3n) is 6.10. The lowest BCUT2D eigenvalue weighted by molar-refractivity contribution is -0.143. The molecular weight excluding hydrogens is 429 g/mol. The van der Waals surface area contributed by atoms with Gasteiger partial charge >= 0.3 is 6.18 Å². The van der Waals surface area contributed by atoms with E-state index in [1.54, 1.807) is 36.4 Å². The van der Waals surface area contributed by atoms with Gasteiger partial charge in [-0.3, -0.25) is 9.69 Å². The zero-order chi connectivity index (χ0) is 23.6. The number of aromatic nitrogens is 2. The Balaban J connectivity index is 1.52. The summed E-state index contributed by atoms with van der Waals surface area (Å²) in [5, 5.41) is 6.44. The molecule has 1 N–H and O–H groups in total. The summed E-state index contributed by atoms with van der Waals surface area (Å²) in [4.78, 5) is 15.2. The number of anilines is 1. The Morgan fingerprint density at radius 3 is 2.42 bits per heavy atom. The molecule has 2 heterocycles. The molecule has 1 aromatic heterocycles. The topological polar surface area (TPSA) is 50.2 Å². The lowest BCUT2D eigenvalue weighted by Gasteiger charge is -2.33. The highest BCUT2D eigenvalue weighted by atomic mass is 19.4. The van der Waals surface area contributed by atoms with Crippen molar-refractivity contribution in [3.63, 3.8) is 0 Å². The average Bonchev–Trinajstić information content (AvgIpc) is 3.23. The van der Waals surface area contributed by atoms with Crippen molar-refractivity contribution in [2.75, 3.05) is 11.9 Å². The van der Waals surface area contributed by atoms with Crippen molar-refractivity contribution in [3.05, 3.63) is 77.1 Å². The van der Waals surface area contributed by atoms with Crippen LogP contribution in [0.2, 0.25) is 0 Å². The lowest BCUT2D eigenvalue weighted by atomic mass is 10.0. The van der Waals surface area contributed by atoms with E-state index in [0.717, 1.165) is 35.1 Å². The van der Waals surface area contributed by atoms with E-state index in [-0.39, 0.29) is 5.69 Å². The number of halogens is 3. The van der Waals surface area contributed by atoms with Crippen LogP contribution in [-0.2, 0) is 12.7 Å². The maximum absolute atomic E-state index is 13.9. The second-order valence-corrected chi connectivity index (χ2v) is 8.62. The lowest BCUT2D eigenvalue weighted by Crippen LogP contribution is -2.36. The number of aryl methyl sites for hydroxylation is 1. The van der Waals surface area contributed by atoms with Crippen LogP contribution in [0.3, 0.4) is 0 Å². The monoisotopic (exact) mass is 456 g/mol. The van der Waals surface area contributed by atoms with Crippen molar-refractivity contribution in [2.45, 2.75) is 51.9 Å². The molecule has 1 aliphatic heterocycles. The molecular formula is C25H27F3N4O. The smallest absolute Gasteiger partial charge is 0.322 e. The van der Waals surface area contributed by atoms with Crippen LogP contribution < -0.4 is 5.32 Å². The fourth-order valence-corrected chi connectivity index (χ4v) is 4.19. The highest BCUT2D eigenvalue weighted by Crippen LogP contribution is 2.34. The molecule has 5 nitrogen and oxygen atoms in total. The summed E-state index contributed by atoms with van der Waals surface area (Å²) < 4.78 is 42.4. The summed E-state index contributed by atoms with van der Waals surface area (Å²) in [5.74, 6) is -0.849. The fraction of sp³-hybridized carbons (Fsp3) is 0.360. The maximum atomic E-state index is 13.9. The van der Waals surface area contributed by atoms with E-state index in [0.29, 0.717) is 11.7 Å². The number of hydrogen-bond donors (Lipinski definition) is 1. The summed E-state index contributed by atoms with van der Waals surface area (Å²) in [6.07, 6.45) is -0.154. The van der Waals surface area contributed by atoms with Crippen molar-refractivity contribution >= 4 is 11.6 Å². The Morgan fingerprint density at radius 2 is 1.79 bits per heavy atom. The number of alkyl halides is 3. The van der Waals surface area contributed by atoms with Gasteiger partial charge in [0.2, 0.25) is 0 Å². The first-order chi connectivity index (χ1) is 15.7. The molecule has 1 saturated heterocycles. The Morgan fingerprint density at radius 1 is 1.09 bits per heavy atom. The summed E-state index contributed by atoms with van der Waals surface area (Å²) in [7, 11) is 0. The predicted molar refractivity (Wildman–Crippen MR) is 121 cm³/mol. The van der Waals surface area contributed by atoms with Gasteiger partial charge in [-0.1, -0.05) is 36.2 Å². The van der Waals surface area contributed by atoms with Gasteiger partial charge < -0.3 is 5.32 Å². The number of carbonyl (C=O) groups excluding carboxylic acids is 1. The molecule has 1 unspecified atom stereocenters. The Kier molecular flexibility index (Phi) is 6.56. The van der Waals surface area contributed by atoms with Gasteiger partial charge in [-0.05, 0) is 63.1 Å². The molecule has 2 aromatic carbocycles. The van der Waals surface area contributed by atoms with Crippen LogP contribution in [0.1, 0.15) is 53.4 Å². The van der Waals surface area contributed by atoms with Gasteiger partial charge in [0.15, 0.2) is 5.69 Å². The van der Waals surface area contributed by atoms with E-state index in [1.165, 1.54) is 19.3 Å². The fourth-order valence-electron chi connectivity index (χ4n) is 4.19. The zero-order valence-corrected chi connectivity index (χ0v) is 18.7. The van der Waals surface area contributed by atoms with Gasteiger partial charge in [-0.25, -0.2) is 4.68 Å². The quantitative estimate of drug-likeness (QED) is 0.526. The van der Waals surface area contributed by atoms with Crippen LogP contribution in [0.25, 0.3) is 5.69 Å². The first-order valence-electron chi connectivity index (χ1n) is 11.1. The molecule has 8 heteroatoms. The Labute approximate surface area is 191 Å². The van der Waals surface area contributed by atoms with Gasteiger partial charge in [0, 0.05) is 18.3 Å².